The van der Waals surface area contributed by atoms with E-state index in [1.54, 1.807) is 6.07 Å². The Kier molecular flexibility index (Phi) is 3.45. The fourth-order valence-electron chi connectivity index (χ4n) is 1.76. The quantitative estimate of drug-likeness (QED) is 0.653. The van der Waals surface area contributed by atoms with Gasteiger partial charge in [-0.25, -0.2) is 8.42 Å². The Labute approximate surface area is 103 Å². The largest absolute Gasteiger partial charge is 0.324 e. The Bertz CT molecular complexity index is 523. The lowest BCUT2D eigenvalue weighted by molar-refractivity contribution is -0.380. The summed E-state index contributed by atoms with van der Waals surface area (Å²) in [6.45, 7) is 0.485. The second-order valence-corrected chi connectivity index (χ2v) is 7.35. The maximum atomic E-state index is 11.2. The summed E-state index contributed by atoms with van der Waals surface area (Å²) >= 11 is 1.11. The van der Waals surface area contributed by atoms with Crippen LogP contribution < -0.4 is 5.32 Å². The topological polar surface area (TPSA) is 89.3 Å². The van der Waals surface area contributed by atoms with E-state index >= 15 is 0 Å². The molecule has 1 aliphatic heterocycles. The van der Waals surface area contributed by atoms with Crippen LogP contribution in [0.2, 0.25) is 0 Å². The highest BCUT2D eigenvalue weighted by atomic mass is 32.2. The fraction of sp³-hybridized carbons (Fsp3) is 0.556. The zero-order valence-electron chi connectivity index (χ0n) is 8.96. The highest BCUT2D eigenvalue weighted by molar-refractivity contribution is 7.91. The summed E-state index contributed by atoms with van der Waals surface area (Å²) in [7, 11) is -2.88. The SMILES string of the molecule is O=[N+]([O-])c1ccc(CNC2CCS(=O)(=O)C2)s1. The van der Waals surface area contributed by atoms with Gasteiger partial charge in [0.15, 0.2) is 9.84 Å². The normalized spacial score (nSPS) is 22.7. The van der Waals surface area contributed by atoms with Gasteiger partial charge in [-0.05, 0) is 12.5 Å². The van der Waals surface area contributed by atoms with Crippen molar-refractivity contribution < 1.29 is 13.3 Å². The van der Waals surface area contributed by atoms with Crippen molar-refractivity contribution in [3.05, 3.63) is 27.1 Å². The molecule has 0 aromatic carbocycles. The molecule has 1 unspecified atom stereocenters. The lowest BCUT2D eigenvalue weighted by Crippen LogP contribution is -2.29. The third-order valence-electron chi connectivity index (χ3n) is 2.62. The molecule has 0 radical (unpaired) electrons. The van der Waals surface area contributed by atoms with Crippen LogP contribution in [0.1, 0.15) is 11.3 Å². The molecule has 1 aromatic rings. The van der Waals surface area contributed by atoms with E-state index in [9.17, 15) is 18.5 Å². The Morgan fingerprint density at radius 1 is 1.53 bits per heavy atom. The molecular formula is C9H12N2O4S2. The predicted octanol–water partition coefficient (Wildman–Crippen LogP) is 0.933. The number of hydrogen-bond donors (Lipinski definition) is 1. The Morgan fingerprint density at radius 3 is 2.82 bits per heavy atom. The van der Waals surface area contributed by atoms with Crippen LogP contribution in [0, 0.1) is 10.1 Å². The van der Waals surface area contributed by atoms with Crippen LogP contribution in [0.25, 0.3) is 0 Å². The summed E-state index contributed by atoms with van der Waals surface area (Å²) in [6.07, 6.45) is 0.621. The minimum atomic E-state index is -2.88. The molecule has 94 valence electrons. The monoisotopic (exact) mass is 276 g/mol. The van der Waals surface area contributed by atoms with Crippen molar-refractivity contribution in [3.63, 3.8) is 0 Å². The maximum Gasteiger partial charge on any atom is 0.324 e. The van der Waals surface area contributed by atoms with Crippen LogP contribution in [-0.4, -0.2) is 30.9 Å². The van der Waals surface area contributed by atoms with Crippen molar-refractivity contribution in [2.45, 2.75) is 19.0 Å². The van der Waals surface area contributed by atoms with E-state index in [2.05, 4.69) is 5.32 Å². The van der Waals surface area contributed by atoms with Gasteiger partial charge in [0.2, 0.25) is 0 Å². The van der Waals surface area contributed by atoms with Gasteiger partial charge in [-0.2, -0.15) is 0 Å². The molecule has 1 fully saturated rings. The molecule has 2 heterocycles. The second-order valence-electron chi connectivity index (χ2n) is 3.98. The van der Waals surface area contributed by atoms with Crippen LogP contribution >= 0.6 is 11.3 Å². The summed E-state index contributed by atoms with van der Waals surface area (Å²) in [5, 5.41) is 13.7. The fourth-order valence-corrected chi connectivity index (χ4v) is 4.24. The predicted molar refractivity (Wildman–Crippen MR) is 64.9 cm³/mol. The van der Waals surface area contributed by atoms with Crippen molar-refractivity contribution in [3.8, 4) is 0 Å². The van der Waals surface area contributed by atoms with Gasteiger partial charge in [-0.1, -0.05) is 11.3 Å². The summed E-state index contributed by atoms with van der Waals surface area (Å²) in [4.78, 5) is 10.9. The van der Waals surface area contributed by atoms with Gasteiger partial charge >= 0.3 is 5.00 Å². The first-order valence-electron chi connectivity index (χ1n) is 5.13. The number of nitro groups is 1. The van der Waals surface area contributed by atoms with Gasteiger partial charge < -0.3 is 5.32 Å². The maximum absolute atomic E-state index is 11.2. The number of hydrogen-bond acceptors (Lipinski definition) is 6. The smallest absolute Gasteiger partial charge is 0.308 e. The molecule has 0 bridgehead atoms. The van der Waals surface area contributed by atoms with E-state index in [-0.39, 0.29) is 22.5 Å². The minimum absolute atomic E-state index is 0.0267. The highest BCUT2D eigenvalue weighted by Gasteiger charge is 2.27. The molecule has 0 saturated carbocycles. The number of rotatable bonds is 4. The van der Waals surface area contributed by atoms with Gasteiger partial charge in [0.25, 0.3) is 0 Å². The lowest BCUT2D eigenvalue weighted by Gasteiger charge is -2.08. The molecule has 1 saturated heterocycles. The van der Waals surface area contributed by atoms with Crippen molar-refractivity contribution in [2.75, 3.05) is 11.5 Å². The summed E-state index contributed by atoms with van der Waals surface area (Å²) in [5.74, 6) is 0.399. The summed E-state index contributed by atoms with van der Waals surface area (Å²) in [6, 6.07) is 3.13. The van der Waals surface area contributed by atoms with E-state index in [0.29, 0.717) is 13.0 Å². The molecule has 6 nitrogen and oxygen atoms in total. The molecule has 0 spiro atoms. The van der Waals surface area contributed by atoms with E-state index in [4.69, 9.17) is 0 Å². The Hall–Kier alpha value is -0.990. The number of thiophene rings is 1. The molecule has 1 aromatic heterocycles. The van der Waals surface area contributed by atoms with Gasteiger partial charge in [0.05, 0.1) is 16.4 Å². The van der Waals surface area contributed by atoms with Crippen molar-refractivity contribution >= 4 is 26.2 Å². The standard InChI is InChI=1S/C9H12N2O4S2/c12-11(13)9-2-1-8(16-9)5-10-7-3-4-17(14,15)6-7/h1-2,7,10H,3-6H2. The molecule has 8 heteroatoms. The molecule has 2 rings (SSSR count). The Balaban J connectivity index is 1.88. The van der Waals surface area contributed by atoms with Gasteiger partial charge in [-0.3, -0.25) is 10.1 Å². The van der Waals surface area contributed by atoms with Crippen molar-refractivity contribution in [2.24, 2.45) is 0 Å². The Morgan fingerprint density at radius 2 is 2.29 bits per heavy atom. The van der Waals surface area contributed by atoms with Crippen LogP contribution in [-0.2, 0) is 16.4 Å². The van der Waals surface area contributed by atoms with E-state index in [1.165, 1.54) is 6.07 Å². The van der Waals surface area contributed by atoms with Crippen LogP contribution in [0.15, 0.2) is 12.1 Å². The summed E-state index contributed by atoms with van der Waals surface area (Å²) in [5.41, 5.74) is 0. The highest BCUT2D eigenvalue weighted by Crippen LogP contribution is 2.24. The molecule has 0 amide bonds. The second kappa shape index (κ2) is 4.71. The first-order valence-corrected chi connectivity index (χ1v) is 7.77. The number of sulfone groups is 1. The zero-order chi connectivity index (χ0) is 12.5. The number of nitrogens with one attached hydrogen (secondary N) is 1. The number of nitrogens with zero attached hydrogens (tertiary/aromatic N) is 1. The molecule has 1 atom stereocenters. The van der Waals surface area contributed by atoms with Crippen molar-refractivity contribution in [1.82, 2.24) is 5.32 Å². The van der Waals surface area contributed by atoms with E-state index < -0.39 is 14.8 Å². The molecule has 17 heavy (non-hydrogen) atoms. The van der Waals surface area contributed by atoms with Crippen molar-refractivity contribution in [1.29, 1.82) is 0 Å². The third-order valence-corrected chi connectivity index (χ3v) is 5.43. The van der Waals surface area contributed by atoms with Crippen LogP contribution in [0.4, 0.5) is 5.00 Å². The van der Waals surface area contributed by atoms with Crippen LogP contribution in [0.3, 0.4) is 0 Å². The molecular weight excluding hydrogens is 264 g/mol. The average Bonchev–Trinajstić information content (AvgIpc) is 2.81. The summed E-state index contributed by atoms with van der Waals surface area (Å²) < 4.78 is 22.4. The third kappa shape index (κ3) is 3.24. The van der Waals surface area contributed by atoms with E-state index in [0.717, 1.165) is 16.2 Å². The zero-order valence-corrected chi connectivity index (χ0v) is 10.6. The van der Waals surface area contributed by atoms with Gasteiger partial charge in [-0.15, -0.1) is 0 Å². The first kappa shape index (κ1) is 12.5. The minimum Gasteiger partial charge on any atom is -0.308 e. The molecule has 1 aliphatic rings. The first-order chi connectivity index (χ1) is 7.96. The molecule has 0 aliphatic carbocycles. The lowest BCUT2D eigenvalue weighted by atomic mass is 10.2. The average molecular weight is 276 g/mol. The van der Waals surface area contributed by atoms with Crippen LogP contribution in [0.5, 0.6) is 0 Å². The van der Waals surface area contributed by atoms with Gasteiger partial charge in [0.1, 0.15) is 0 Å². The van der Waals surface area contributed by atoms with E-state index in [1.807, 2.05) is 0 Å². The van der Waals surface area contributed by atoms with Gasteiger partial charge in [0, 0.05) is 23.5 Å². The molecule has 1 N–H and O–H groups in total.